The molecule has 1 fully saturated rings. The molecule has 0 amide bonds. The van der Waals surface area contributed by atoms with Crippen LogP contribution in [0.4, 0.5) is 4.39 Å². The first-order valence-corrected chi connectivity index (χ1v) is 10.3. The first-order chi connectivity index (χ1) is 13.9. The van der Waals surface area contributed by atoms with Crippen molar-refractivity contribution in [2.75, 3.05) is 13.1 Å². The van der Waals surface area contributed by atoms with Gasteiger partial charge in [-0.25, -0.2) is 22.3 Å². The van der Waals surface area contributed by atoms with Crippen LogP contribution in [-0.2, 0) is 10.0 Å². The molecule has 0 saturated carbocycles. The van der Waals surface area contributed by atoms with Gasteiger partial charge in [-0.2, -0.15) is 14.4 Å². The number of pyridine rings is 1. The Morgan fingerprint density at radius 3 is 2.66 bits per heavy atom. The van der Waals surface area contributed by atoms with Gasteiger partial charge in [0.05, 0.1) is 5.92 Å². The molecule has 0 aliphatic carbocycles. The molecule has 0 bridgehead atoms. The molecule has 0 atom stereocenters. The number of sulfonamides is 1. The summed E-state index contributed by atoms with van der Waals surface area (Å²) in [4.78, 5) is 8.65. The van der Waals surface area contributed by atoms with E-state index < -0.39 is 10.0 Å². The molecule has 0 radical (unpaired) electrons. The Balaban J connectivity index is 1.36. The summed E-state index contributed by atoms with van der Waals surface area (Å²) in [5.41, 5.74) is 0.920. The minimum absolute atomic E-state index is 0.108. The fourth-order valence-electron chi connectivity index (χ4n) is 3.24. The average molecular weight is 414 g/mol. The summed E-state index contributed by atoms with van der Waals surface area (Å²) in [6.45, 7) is 2.15. The third kappa shape index (κ3) is 2.98. The minimum atomic E-state index is -3.73. The van der Waals surface area contributed by atoms with Crippen LogP contribution in [0.2, 0.25) is 0 Å². The van der Waals surface area contributed by atoms with Crippen molar-refractivity contribution in [3.8, 4) is 11.4 Å². The van der Waals surface area contributed by atoms with E-state index in [0.29, 0.717) is 28.8 Å². The second-order valence-electron chi connectivity index (χ2n) is 6.78. The SMILES string of the molecule is Cc1nc2c(S(=O)(=O)N3CC(c4nc(-c5ccc(F)cc5)no4)C3)cccn2n1. The van der Waals surface area contributed by atoms with Crippen molar-refractivity contribution in [2.24, 2.45) is 0 Å². The normalized spacial score (nSPS) is 15.7. The third-order valence-electron chi connectivity index (χ3n) is 4.79. The summed E-state index contributed by atoms with van der Waals surface area (Å²) >= 11 is 0. The molecule has 0 N–H and O–H groups in total. The highest BCUT2D eigenvalue weighted by atomic mass is 32.2. The van der Waals surface area contributed by atoms with Crippen molar-refractivity contribution >= 4 is 15.7 Å². The Bertz CT molecular complexity index is 1310. The van der Waals surface area contributed by atoms with Crippen LogP contribution in [0.1, 0.15) is 17.6 Å². The summed E-state index contributed by atoms with van der Waals surface area (Å²) in [6, 6.07) is 8.89. The number of aromatic nitrogens is 5. The lowest BCUT2D eigenvalue weighted by atomic mass is 10.0. The van der Waals surface area contributed by atoms with Gasteiger partial charge >= 0.3 is 0 Å². The van der Waals surface area contributed by atoms with Gasteiger partial charge in [0.1, 0.15) is 16.5 Å². The quantitative estimate of drug-likeness (QED) is 0.503. The Hall–Kier alpha value is -3.18. The molecule has 1 aliphatic heterocycles. The fraction of sp³-hybridized carbons (Fsp3) is 0.222. The van der Waals surface area contributed by atoms with Crippen molar-refractivity contribution < 1.29 is 17.3 Å². The zero-order valence-corrected chi connectivity index (χ0v) is 16.0. The highest BCUT2D eigenvalue weighted by molar-refractivity contribution is 7.89. The van der Waals surface area contributed by atoms with Gasteiger partial charge in [0.2, 0.25) is 21.7 Å². The van der Waals surface area contributed by atoms with Gasteiger partial charge in [-0.3, -0.25) is 0 Å². The summed E-state index contributed by atoms with van der Waals surface area (Å²) in [5, 5.41) is 8.07. The first-order valence-electron chi connectivity index (χ1n) is 8.83. The first kappa shape index (κ1) is 17.9. The van der Waals surface area contributed by atoms with Crippen molar-refractivity contribution in [1.82, 2.24) is 29.0 Å². The van der Waals surface area contributed by atoms with Gasteiger partial charge in [0.15, 0.2) is 5.65 Å². The second kappa shape index (κ2) is 6.42. The molecule has 1 aliphatic rings. The van der Waals surface area contributed by atoms with Gasteiger partial charge in [-0.15, -0.1) is 0 Å². The van der Waals surface area contributed by atoms with Crippen LogP contribution in [0.5, 0.6) is 0 Å². The number of hydrogen-bond acceptors (Lipinski definition) is 7. The zero-order valence-electron chi connectivity index (χ0n) is 15.2. The van der Waals surface area contributed by atoms with E-state index in [0.717, 1.165) is 0 Å². The standard InChI is InChI=1S/C18H15FN6O3S/c1-11-20-17-15(3-2-8-25(17)22-11)29(26,27)24-9-13(10-24)18-21-16(23-28-18)12-4-6-14(19)7-5-12/h2-8,13H,9-10H2,1H3. The van der Waals surface area contributed by atoms with Crippen molar-refractivity contribution in [3.63, 3.8) is 0 Å². The number of nitrogens with zero attached hydrogens (tertiary/aromatic N) is 6. The number of benzene rings is 1. The molecule has 3 aromatic heterocycles. The van der Waals surface area contributed by atoms with E-state index in [-0.39, 0.29) is 29.7 Å². The lowest BCUT2D eigenvalue weighted by Gasteiger charge is -2.35. The van der Waals surface area contributed by atoms with Crippen molar-refractivity contribution in [1.29, 1.82) is 0 Å². The molecule has 0 unspecified atom stereocenters. The molecule has 1 aromatic carbocycles. The highest BCUT2D eigenvalue weighted by Crippen LogP contribution is 2.33. The number of hydrogen-bond donors (Lipinski definition) is 0. The number of rotatable bonds is 4. The second-order valence-corrected chi connectivity index (χ2v) is 8.69. The Morgan fingerprint density at radius 2 is 1.90 bits per heavy atom. The van der Waals surface area contributed by atoms with E-state index in [1.807, 2.05) is 0 Å². The molecule has 5 rings (SSSR count). The fourth-order valence-corrected chi connectivity index (χ4v) is 4.89. The maximum atomic E-state index is 13.1. The van der Waals surface area contributed by atoms with E-state index in [4.69, 9.17) is 4.52 Å². The summed E-state index contributed by atoms with van der Waals surface area (Å²) in [6.07, 6.45) is 1.66. The zero-order chi connectivity index (χ0) is 20.2. The lowest BCUT2D eigenvalue weighted by Crippen LogP contribution is -2.48. The smallest absolute Gasteiger partial charge is 0.246 e. The van der Waals surface area contributed by atoms with E-state index in [1.54, 1.807) is 31.3 Å². The number of aryl methyl sites for hydroxylation is 1. The predicted octanol–water partition coefficient (Wildman–Crippen LogP) is 2.01. The number of fused-ring (bicyclic) bond motifs is 1. The van der Waals surface area contributed by atoms with Crippen LogP contribution >= 0.6 is 0 Å². The maximum Gasteiger partial charge on any atom is 0.246 e. The van der Waals surface area contributed by atoms with Gasteiger partial charge in [0, 0.05) is 24.8 Å². The van der Waals surface area contributed by atoms with Crippen LogP contribution in [0.3, 0.4) is 0 Å². The van der Waals surface area contributed by atoms with Crippen LogP contribution < -0.4 is 0 Å². The van der Waals surface area contributed by atoms with Gasteiger partial charge in [0.25, 0.3) is 0 Å². The topological polar surface area (TPSA) is 106 Å². The third-order valence-corrected chi connectivity index (χ3v) is 6.64. The monoisotopic (exact) mass is 414 g/mol. The van der Waals surface area contributed by atoms with E-state index >= 15 is 0 Å². The molecule has 29 heavy (non-hydrogen) atoms. The van der Waals surface area contributed by atoms with Crippen molar-refractivity contribution in [3.05, 3.63) is 60.1 Å². The highest BCUT2D eigenvalue weighted by Gasteiger charge is 2.41. The average Bonchev–Trinajstić information content (AvgIpc) is 3.26. The molecule has 0 spiro atoms. The van der Waals surface area contributed by atoms with E-state index in [9.17, 15) is 12.8 Å². The Kier molecular flexibility index (Phi) is 3.96. The van der Waals surface area contributed by atoms with Crippen LogP contribution in [0.25, 0.3) is 17.0 Å². The molecule has 1 saturated heterocycles. The van der Waals surface area contributed by atoms with Gasteiger partial charge < -0.3 is 4.52 Å². The summed E-state index contributed by atoms with van der Waals surface area (Å²) < 4.78 is 47.2. The van der Waals surface area contributed by atoms with Crippen molar-refractivity contribution in [2.45, 2.75) is 17.7 Å². The largest absolute Gasteiger partial charge is 0.339 e. The molecule has 148 valence electrons. The van der Waals surface area contributed by atoms with Gasteiger partial charge in [-0.1, -0.05) is 5.16 Å². The Morgan fingerprint density at radius 1 is 1.14 bits per heavy atom. The Labute approximate surface area is 164 Å². The molecule has 4 heterocycles. The van der Waals surface area contributed by atoms with Gasteiger partial charge in [-0.05, 0) is 43.3 Å². The molecule has 4 aromatic rings. The molecular weight excluding hydrogens is 399 g/mol. The predicted molar refractivity (Wildman–Crippen MR) is 98.9 cm³/mol. The summed E-state index contributed by atoms with van der Waals surface area (Å²) in [5.74, 6) is 0.631. The van der Waals surface area contributed by atoms with Crippen LogP contribution in [0, 0.1) is 12.7 Å². The number of halogens is 1. The lowest BCUT2D eigenvalue weighted by molar-refractivity contribution is 0.217. The van der Waals surface area contributed by atoms with E-state index in [1.165, 1.54) is 27.0 Å². The van der Waals surface area contributed by atoms with Crippen LogP contribution in [-0.4, -0.2) is 50.6 Å². The molecular formula is C18H15FN6O3S. The van der Waals surface area contributed by atoms with Crippen LogP contribution in [0.15, 0.2) is 52.0 Å². The minimum Gasteiger partial charge on any atom is -0.339 e. The maximum absolute atomic E-state index is 13.1. The molecule has 11 heteroatoms. The van der Waals surface area contributed by atoms with E-state index in [2.05, 4.69) is 20.2 Å². The summed E-state index contributed by atoms with van der Waals surface area (Å²) in [7, 11) is -3.73. The molecule has 9 nitrogen and oxygen atoms in total.